The van der Waals surface area contributed by atoms with Crippen molar-refractivity contribution in [2.45, 2.75) is 155 Å². The van der Waals surface area contributed by atoms with Crippen molar-refractivity contribution in [1.29, 1.82) is 0 Å². The van der Waals surface area contributed by atoms with Crippen molar-refractivity contribution in [2.75, 3.05) is 33.7 Å². The van der Waals surface area contributed by atoms with Crippen molar-refractivity contribution in [2.24, 2.45) is 0 Å². The highest BCUT2D eigenvalue weighted by atomic mass is 16.4. The zero-order valence-corrected chi connectivity index (χ0v) is 24.0. The first-order valence-corrected chi connectivity index (χ1v) is 15.1. The molecule has 206 valence electrons. The van der Waals surface area contributed by atoms with Crippen molar-refractivity contribution < 1.29 is 9.90 Å². The minimum atomic E-state index is -0.655. The molecule has 0 radical (unpaired) electrons. The number of carboxylic acid groups (broad SMARTS) is 1. The van der Waals surface area contributed by atoms with Gasteiger partial charge in [-0.2, -0.15) is 0 Å². The van der Waals surface area contributed by atoms with Gasteiger partial charge in [-0.05, 0) is 33.5 Å². The van der Waals surface area contributed by atoms with Crippen molar-refractivity contribution in [1.82, 2.24) is 10.2 Å². The highest BCUT2D eigenvalue weighted by molar-refractivity contribution is 5.66. The first-order valence-electron chi connectivity index (χ1n) is 15.1. The van der Waals surface area contributed by atoms with E-state index in [-0.39, 0.29) is 0 Å². The summed E-state index contributed by atoms with van der Waals surface area (Å²) in [5.41, 5.74) is 0. The average Bonchev–Trinajstić information content (AvgIpc) is 2.80. The fourth-order valence-electron chi connectivity index (χ4n) is 4.11. The molecule has 4 heteroatoms. The Balaban J connectivity index is 0. The van der Waals surface area contributed by atoms with Crippen LogP contribution >= 0.6 is 0 Å². The molecule has 0 aliphatic rings. The van der Waals surface area contributed by atoms with Crippen LogP contribution in [-0.2, 0) is 4.79 Å². The van der Waals surface area contributed by atoms with Crippen molar-refractivity contribution in [3.05, 3.63) is 0 Å². The molecule has 0 saturated carbocycles. The van der Waals surface area contributed by atoms with Gasteiger partial charge in [0.1, 0.15) is 0 Å². The third-order valence-corrected chi connectivity index (χ3v) is 6.44. The van der Waals surface area contributed by atoms with Gasteiger partial charge in [0, 0.05) is 19.5 Å². The van der Waals surface area contributed by atoms with Gasteiger partial charge in [-0.1, -0.05) is 136 Å². The predicted molar refractivity (Wildman–Crippen MR) is 152 cm³/mol. The van der Waals surface area contributed by atoms with E-state index < -0.39 is 5.97 Å². The van der Waals surface area contributed by atoms with E-state index in [4.69, 9.17) is 5.11 Å². The monoisotopic (exact) mass is 484 g/mol. The molecular weight excluding hydrogens is 420 g/mol. The lowest BCUT2D eigenvalue weighted by molar-refractivity contribution is -0.137. The summed E-state index contributed by atoms with van der Waals surface area (Å²) in [6, 6.07) is 0. The van der Waals surface area contributed by atoms with Crippen LogP contribution in [0.3, 0.4) is 0 Å². The molecule has 0 atom stereocenters. The van der Waals surface area contributed by atoms with Crippen LogP contribution in [0.1, 0.15) is 155 Å². The lowest BCUT2D eigenvalue weighted by atomic mass is 10.0. The second-order valence-electron chi connectivity index (χ2n) is 10.4. The molecule has 0 rings (SSSR count). The van der Waals surface area contributed by atoms with Gasteiger partial charge in [0.25, 0.3) is 0 Å². The van der Waals surface area contributed by atoms with Crippen LogP contribution in [0.15, 0.2) is 0 Å². The fourth-order valence-corrected chi connectivity index (χ4v) is 4.11. The number of hydrogen-bond donors (Lipinski definition) is 2. The molecule has 0 heterocycles. The Morgan fingerprint density at radius 3 is 1.26 bits per heavy atom. The third-order valence-electron chi connectivity index (χ3n) is 6.44. The number of nitrogens with zero attached hydrogens (tertiary/aromatic N) is 1. The quantitative estimate of drug-likeness (QED) is 0.120. The highest BCUT2D eigenvalue weighted by Gasteiger charge is 1.97. The van der Waals surface area contributed by atoms with E-state index >= 15 is 0 Å². The summed E-state index contributed by atoms with van der Waals surface area (Å²) < 4.78 is 0. The largest absolute Gasteiger partial charge is 0.481 e. The Kier molecular flexibility index (Phi) is 33.9. The van der Waals surface area contributed by atoms with Crippen LogP contribution in [-0.4, -0.2) is 49.7 Å². The fraction of sp³-hybridized carbons (Fsp3) is 0.967. The predicted octanol–water partition coefficient (Wildman–Crippen LogP) is 8.83. The molecule has 0 saturated heterocycles. The summed E-state index contributed by atoms with van der Waals surface area (Å²) in [7, 11) is 4.25. The number of likely N-dealkylation sites (N-methyl/N-ethyl adjacent to an activating group) is 1. The Bertz CT molecular complexity index is 375. The van der Waals surface area contributed by atoms with Crippen molar-refractivity contribution >= 4 is 5.97 Å². The molecule has 0 aliphatic heterocycles. The zero-order chi connectivity index (χ0) is 25.5. The zero-order valence-electron chi connectivity index (χ0n) is 24.0. The number of carboxylic acids is 1. The molecule has 0 amide bonds. The van der Waals surface area contributed by atoms with E-state index in [9.17, 15) is 4.79 Å². The van der Waals surface area contributed by atoms with Crippen molar-refractivity contribution in [3.8, 4) is 0 Å². The minimum absolute atomic E-state index is 0.345. The lowest BCUT2D eigenvalue weighted by Gasteiger charge is -2.10. The Morgan fingerprint density at radius 1 is 0.559 bits per heavy atom. The average molecular weight is 485 g/mol. The van der Waals surface area contributed by atoms with E-state index in [2.05, 4.69) is 38.2 Å². The Hall–Kier alpha value is -0.610. The third kappa shape index (κ3) is 38.6. The summed E-state index contributed by atoms with van der Waals surface area (Å²) in [5, 5.41) is 12.0. The van der Waals surface area contributed by atoms with Gasteiger partial charge < -0.3 is 15.3 Å². The van der Waals surface area contributed by atoms with Gasteiger partial charge in [0.05, 0.1) is 0 Å². The molecular formula is C30H64N2O2. The van der Waals surface area contributed by atoms with Gasteiger partial charge in [0.15, 0.2) is 0 Å². The van der Waals surface area contributed by atoms with E-state index in [1.54, 1.807) is 0 Å². The maximum Gasteiger partial charge on any atom is 0.303 e. The van der Waals surface area contributed by atoms with Gasteiger partial charge in [-0.15, -0.1) is 0 Å². The topological polar surface area (TPSA) is 52.6 Å². The standard InChI is InChI=1S/C16H32O2.C14H32N2/c1-2-3-4-5-6-7-8-9-10-11-12-13-14-15-16(17)18;1-4-5-6-7-8-9-10-11-12-15-13-14-16(2)3/h2-15H2,1H3,(H,17,18);15H,4-14H2,1-3H3. The van der Waals surface area contributed by atoms with E-state index in [0.717, 1.165) is 25.9 Å². The number of nitrogens with one attached hydrogen (secondary N) is 1. The van der Waals surface area contributed by atoms with Gasteiger partial charge in [-0.3, -0.25) is 4.79 Å². The lowest BCUT2D eigenvalue weighted by Crippen LogP contribution is -2.27. The molecule has 0 aliphatic carbocycles. The summed E-state index contributed by atoms with van der Waals surface area (Å²) in [5.74, 6) is -0.655. The van der Waals surface area contributed by atoms with Gasteiger partial charge in [-0.25, -0.2) is 0 Å². The molecule has 0 unspecified atom stereocenters. The van der Waals surface area contributed by atoms with Crippen LogP contribution in [0, 0.1) is 0 Å². The van der Waals surface area contributed by atoms with Crippen LogP contribution in [0.4, 0.5) is 0 Å². The second kappa shape index (κ2) is 32.4. The number of hydrogen-bond acceptors (Lipinski definition) is 3. The van der Waals surface area contributed by atoms with Crippen molar-refractivity contribution in [3.63, 3.8) is 0 Å². The Labute approximate surface area is 215 Å². The molecule has 34 heavy (non-hydrogen) atoms. The smallest absolute Gasteiger partial charge is 0.303 e. The maximum absolute atomic E-state index is 10.3. The number of unbranched alkanes of at least 4 members (excludes halogenated alkanes) is 19. The first kappa shape index (κ1) is 35.6. The molecule has 4 nitrogen and oxygen atoms in total. The van der Waals surface area contributed by atoms with Crippen LogP contribution in [0.25, 0.3) is 0 Å². The molecule has 2 N–H and O–H groups in total. The molecule has 0 spiro atoms. The number of aliphatic carboxylic acids is 1. The van der Waals surface area contributed by atoms with E-state index in [1.807, 2.05) is 0 Å². The summed E-state index contributed by atoms with van der Waals surface area (Å²) in [6.45, 7) is 8.01. The molecule has 0 aromatic heterocycles. The molecule has 0 bridgehead atoms. The number of rotatable bonds is 26. The van der Waals surface area contributed by atoms with E-state index in [0.29, 0.717) is 6.42 Å². The van der Waals surface area contributed by atoms with Crippen LogP contribution in [0.2, 0.25) is 0 Å². The Morgan fingerprint density at radius 2 is 0.912 bits per heavy atom. The van der Waals surface area contributed by atoms with Crippen LogP contribution < -0.4 is 5.32 Å². The van der Waals surface area contributed by atoms with Gasteiger partial charge >= 0.3 is 5.97 Å². The van der Waals surface area contributed by atoms with E-state index in [1.165, 1.54) is 129 Å². The minimum Gasteiger partial charge on any atom is -0.481 e. The second-order valence-corrected chi connectivity index (χ2v) is 10.4. The first-order chi connectivity index (χ1) is 16.5. The van der Waals surface area contributed by atoms with Gasteiger partial charge in [0.2, 0.25) is 0 Å². The highest BCUT2D eigenvalue weighted by Crippen LogP contribution is 2.13. The summed E-state index contributed by atoms with van der Waals surface area (Å²) in [4.78, 5) is 12.5. The normalized spacial score (nSPS) is 11.0. The summed E-state index contributed by atoms with van der Waals surface area (Å²) >= 11 is 0. The SMILES string of the molecule is CCCCCCCCCCCCCCCC(=O)O.CCCCCCCCCCNCCN(C)C. The maximum atomic E-state index is 10.3. The molecule has 0 fully saturated rings. The molecule has 0 aromatic rings. The molecule has 0 aromatic carbocycles. The summed E-state index contributed by atoms with van der Waals surface area (Å²) in [6.07, 6.45) is 28.6. The van der Waals surface area contributed by atoms with Crippen LogP contribution in [0.5, 0.6) is 0 Å². The number of carbonyl (C=O) groups is 1.